The number of aliphatic hydroxyl groups excluding tert-OH is 1. The SMILES string of the molecule is O=C(N[C@@H]1CO[C@H]2[C@@H]1OC[C@H]2O)c1ccc2cc[nH]c2n1. The van der Waals surface area contributed by atoms with Gasteiger partial charge in [-0.3, -0.25) is 4.79 Å². The minimum Gasteiger partial charge on any atom is -0.388 e. The van der Waals surface area contributed by atoms with Gasteiger partial charge in [0, 0.05) is 11.6 Å². The molecular weight excluding hydrogens is 274 g/mol. The lowest BCUT2D eigenvalue weighted by atomic mass is 10.1. The quantitative estimate of drug-likeness (QED) is 0.712. The Bertz CT molecular complexity index is 686. The lowest BCUT2D eigenvalue weighted by Gasteiger charge is -2.17. The largest absolute Gasteiger partial charge is 0.388 e. The fourth-order valence-electron chi connectivity index (χ4n) is 2.90. The Morgan fingerprint density at radius 3 is 3.05 bits per heavy atom. The second kappa shape index (κ2) is 4.80. The molecule has 2 aromatic rings. The molecule has 0 aliphatic carbocycles. The smallest absolute Gasteiger partial charge is 0.270 e. The summed E-state index contributed by atoms with van der Waals surface area (Å²) in [6, 6.07) is 5.16. The minimum absolute atomic E-state index is 0.244. The van der Waals surface area contributed by atoms with Gasteiger partial charge in [-0.1, -0.05) is 0 Å². The zero-order chi connectivity index (χ0) is 14.4. The highest BCUT2D eigenvalue weighted by Gasteiger charge is 2.47. The number of nitrogens with one attached hydrogen (secondary N) is 2. The summed E-state index contributed by atoms with van der Waals surface area (Å²) in [6.07, 6.45) is 0.514. The van der Waals surface area contributed by atoms with Crippen molar-refractivity contribution >= 4 is 16.9 Å². The van der Waals surface area contributed by atoms with Gasteiger partial charge in [0.25, 0.3) is 5.91 Å². The van der Waals surface area contributed by atoms with Gasteiger partial charge in [0.1, 0.15) is 29.7 Å². The van der Waals surface area contributed by atoms with Gasteiger partial charge in [-0.05, 0) is 18.2 Å². The van der Waals surface area contributed by atoms with Crippen molar-refractivity contribution in [3.8, 4) is 0 Å². The predicted octanol–water partition coefficient (Wildman–Crippen LogP) is -0.180. The normalized spacial score (nSPS) is 31.5. The van der Waals surface area contributed by atoms with Crippen LogP contribution in [0.15, 0.2) is 24.4 Å². The van der Waals surface area contributed by atoms with E-state index >= 15 is 0 Å². The standard InChI is InChI=1S/C14H15N3O4/c18-10-6-21-11-9(5-20-12(10)11)17-14(19)8-2-1-7-3-4-15-13(7)16-8/h1-4,9-12,18H,5-6H2,(H,15,16)(H,17,19)/t9-,10-,11-,12-/m1/s1. The first kappa shape index (κ1) is 12.8. The maximum Gasteiger partial charge on any atom is 0.270 e. The first-order chi connectivity index (χ1) is 10.2. The summed E-state index contributed by atoms with van der Waals surface area (Å²) in [5, 5.41) is 13.5. The zero-order valence-corrected chi connectivity index (χ0v) is 11.2. The van der Waals surface area contributed by atoms with Crippen LogP contribution in [0.25, 0.3) is 11.0 Å². The van der Waals surface area contributed by atoms with Crippen LogP contribution in [0.4, 0.5) is 0 Å². The topological polar surface area (TPSA) is 96.5 Å². The summed E-state index contributed by atoms with van der Waals surface area (Å²) in [5.74, 6) is -0.272. The van der Waals surface area contributed by atoms with E-state index in [0.29, 0.717) is 17.9 Å². The number of carbonyl (C=O) groups is 1. The van der Waals surface area contributed by atoms with Gasteiger partial charge < -0.3 is 24.9 Å². The number of ether oxygens (including phenoxy) is 2. The van der Waals surface area contributed by atoms with Gasteiger partial charge in [0.15, 0.2) is 0 Å². The number of amides is 1. The van der Waals surface area contributed by atoms with Crippen molar-refractivity contribution in [1.29, 1.82) is 0 Å². The molecule has 110 valence electrons. The minimum atomic E-state index is -0.620. The molecular formula is C14H15N3O4. The summed E-state index contributed by atoms with van der Waals surface area (Å²) >= 11 is 0. The molecule has 2 fully saturated rings. The second-order valence-electron chi connectivity index (χ2n) is 5.36. The third kappa shape index (κ3) is 2.10. The summed E-state index contributed by atoms with van der Waals surface area (Å²) < 4.78 is 11.0. The van der Waals surface area contributed by atoms with Gasteiger partial charge >= 0.3 is 0 Å². The maximum atomic E-state index is 12.3. The number of hydrogen-bond acceptors (Lipinski definition) is 5. The molecule has 0 radical (unpaired) electrons. The molecule has 4 heterocycles. The van der Waals surface area contributed by atoms with Gasteiger partial charge in [-0.25, -0.2) is 4.98 Å². The van der Waals surface area contributed by atoms with Crippen LogP contribution in [0.2, 0.25) is 0 Å². The monoisotopic (exact) mass is 289 g/mol. The van der Waals surface area contributed by atoms with Crippen LogP contribution < -0.4 is 5.32 Å². The van der Waals surface area contributed by atoms with Gasteiger partial charge in [-0.2, -0.15) is 0 Å². The summed E-state index contributed by atoms with van der Waals surface area (Å²) in [4.78, 5) is 19.5. The molecule has 0 unspecified atom stereocenters. The molecule has 2 aliphatic heterocycles. The van der Waals surface area contributed by atoms with E-state index in [0.717, 1.165) is 5.39 Å². The summed E-state index contributed by atoms with van der Waals surface area (Å²) in [6.45, 7) is 0.581. The van der Waals surface area contributed by atoms with Crippen LogP contribution in [0.5, 0.6) is 0 Å². The molecule has 0 aromatic carbocycles. The Morgan fingerprint density at radius 1 is 1.29 bits per heavy atom. The molecule has 2 saturated heterocycles. The van der Waals surface area contributed by atoms with E-state index < -0.39 is 6.10 Å². The van der Waals surface area contributed by atoms with Crippen molar-refractivity contribution in [2.45, 2.75) is 24.4 Å². The Hall–Kier alpha value is -1.96. The predicted molar refractivity (Wildman–Crippen MR) is 72.8 cm³/mol. The Kier molecular flexibility index (Phi) is 2.91. The first-order valence-electron chi connectivity index (χ1n) is 6.88. The molecule has 2 aromatic heterocycles. The van der Waals surface area contributed by atoms with Crippen LogP contribution in [0, 0.1) is 0 Å². The number of carbonyl (C=O) groups excluding carboxylic acids is 1. The van der Waals surface area contributed by atoms with Gasteiger partial charge in [0.2, 0.25) is 0 Å². The van der Waals surface area contributed by atoms with E-state index in [4.69, 9.17) is 9.47 Å². The third-order valence-electron chi connectivity index (χ3n) is 3.99. The van der Waals surface area contributed by atoms with Crippen molar-refractivity contribution in [3.05, 3.63) is 30.1 Å². The third-order valence-corrected chi connectivity index (χ3v) is 3.99. The molecule has 0 saturated carbocycles. The number of pyridine rings is 1. The molecule has 7 nitrogen and oxygen atoms in total. The van der Waals surface area contributed by atoms with Gasteiger partial charge in [0.05, 0.1) is 19.3 Å². The molecule has 2 aliphatic rings. The molecule has 7 heteroatoms. The number of H-pyrrole nitrogens is 1. The molecule has 4 rings (SSSR count). The molecule has 0 spiro atoms. The average Bonchev–Trinajstić information content (AvgIpc) is 3.17. The molecule has 4 atom stereocenters. The number of nitrogens with zero attached hydrogens (tertiary/aromatic N) is 1. The van der Waals surface area contributed by atoms with Gasteiger partial charge in [-0.15, -0.1) is 0 Å². The molecule has 0 bridgehead atoms. The number of rotatable bonds is 2. The lowest BCUT2D eigenvalue weighted by molar-refractivity contribution is 0.0178. The number of aromatic amines is 1. The highest BCUT2D eigenvalue weighted by Crippen LogP contribution is 2.27. The molecule has 3 N–H and O–H groups in total. The van der Waals surface area contributed by atoms with Crippen molar-refractivity contribution in [2.24, 2.45) is 0 Å². The number of fused-ring (bicyclic) bond motifs is 2. The van der Waals surface area contributed by atoms with Crippen molar-refractivity contribution in [3.63, 3.8) is 0 Å². The first-order valence-corrected chi connectivity index (χ1v) is 6.88. The van der Waals surface area contributed by atoms with E-state index in [1.807, 2.05) is 12.1 Å². The summed E-state index contributed by atoms with van der Waals surface area (Å²) in [7, 11) is 0. The van der Waals surface area contributed by atoms with Crippen molar-refractivity contribution in [2.75, 3.05) is 13.2 Å². The van der Waals surface area contributed by atoms with E-state index in [1.54, 1.807) is 12.3 Å². The molecule has 1 amide bonds. The fourth-order valence-corrected chi connectivity index (χ4v) is 2.90. The fraction of sp³-hybridized carbons (Fsp3) is 0.429. The summed E-state index contributed by atoms with van der Waals surface area (Å²) in [5.41, 5.74) is 1.02. The van der Waals surface area contributed by atoms with E-state index in [1.165, 1.54) is 0 Å². The van der Waals surface area contributed by atoms with Crippen molar-refractivity contribution in [1.82, 2.24) is 15.3 Å². The Balaban J connectivity index is 1.50. The zero-order valence-electron chi connectivity index (χ0n) is 11.2. The van der Waals surface area contributed by atoms with Crippen LogP contribution in [-0.2, 0) is 9.47 Å². The number of aromatic nitrogens is 2. The molecule has 21 heavy (non-hydrogen) atoms. The lowest BCUT2D eigenvalue weighted by Crippen LogP contribution is -2.44. The maximum absolute atomic E-state index is 12.3. The van der Waals surface area contributed by atoms with E-state index in [-0.39, 0.29) is 30.8 Å². The van der Waals surface area contributed by atoms with Crippen LogP contribution in [0.1, 0.15) is 10.5 Å². The number of hydrogen-bond donors (Lipinski definition) is 3. The van der Waals surface area contributed by atoms with E-state index in [9.17, 15) is 9.90 Å². The van der Waals surface area contributed by atoms with E-state index in [2.05, 4.69) is 15.3 Å². The van der Waals surface area contributed by atoms with Crippen LogP contribution in [-0.4, -0.2) is 58.5 Å². The highest BCUT2D eigenvalue weighted by atomic mass is 16.6. The van der Waals surface area contributed by atoms with Crippen LogP contribution in [0.3, 0.4) is 0 Å². The Morgan fingerprint density at radius 2 is 2.14 bits per heavy atom. The Labute approximate surface area is 120 Å². The van der Waals surface area contributed by atoms with Crippen LogP contribution >= 0.6 is 0 Å². The second-order valence-corrected chi connectivity index (χ2v) is 5.36. The number of aliphatic hydroxyl groups is 1. The van der Waals surface area contributed by atoms with Crippen molar-refractivity contribution < 1.29 is 19.4 Å². The highest BCUT2D eigenvalue weighted by molar-refractivity contribution is 5.94. The average molecular weight is 289 g/mol.